The molecule has 0 bridgehead atoms. The van der Waals surface area contributed by atoms with E-state index in [4.69, 9.17) is 9.72 Å². The third kappa shape index (κ3) is 4.22. The third-order valence-corrected chi connectivity index (χ3v) is 6.24. The van der Waals surface area contributed by atoms with Crippen LogP contribution in [-0.4, -0.2) is 39.7 Å². The van der Waals surface area contributed by atoms with Gasteiger partial charge in [-0.1, -0.05) is 6.08 Å². The molecule has 1 unspecified atom stereocenters. The van der Waals surface area contributed by atoms with Crippen LogP contribution >= 0.6 is 11.3 Å². The number of aromatic nitrogens is 3. The molecule has 4 rings (SSSR count). The fourth-order valence-corrected chi connectivity index (χ4v) is 4.50. The Hall–Kier alpha value is -2.77. The van der Waals surface area contributed by atoms with Crippen LogP contribution in [0.2, 0.25) is 0 Å². The summed E-state index contributed by atoms with van der Waals surface area (Å²) >= 11 is 1.58. The van der Waals surface area contributed by atoms with E-state index in [0.29, 0.717) is 12.1 Å². The summed E-state index contributed by atoms with van der Waals surface area (Å²) in [6.07, 6.45) is 5.81. The second-order valence-electron chi connectivity index (χ2n) is 7.50. The molecule has 1 amide bonds. The maximum atomic E-state index is 12.7. The SMILES string of the molecule is C=CCNC(=O)c1cc(-c2csc(-c3ccc(C)nc3)n2)n(CC2CCCO2)c1C. The molecular formula is C23H26N4O2S. The van der Waals surface area contributed by atoms with E-state index in [1.54, 1.807) is 17.4 Å². The van der Waals surface area contributed by atoms with Crippen LogP contribution in [0, 0.1) is 13.8 Å². The van der Waals surface area contributed by atoms with Gasteiger partial charge in [-0.2, -0.15) is 0 Å². The average Bonchev–Trinajstić information content (AvgIpc) is 3.49. The van der Waals surface area contributed by atoms with E-state index in [1.165, 1.54) is 0 Å². The minimum atomic E-state index is -0.0991. The molecule has 0 saturated carbocycles. The topological polar surface area (TPSA) is 69.0 Å². The molecule has 3 aromatic heterocycles. The minimum Gasteiger partial charge on any atom is -0.376 e. The molecule has 0 aromatic carbocycles. The number of ether oxygens (including phenoxy) is 1. The van der Waals surface area contributed by atoms with E-state index in [0.717, 1.165) is 59.3 Å². The maximum absolute atomic E-state index is 12.7. The van der Waals surface area contributed by atoms with Crippen molar-refractivity contribution in [3.63, 3.8) is 0 Å². The molecule has 7 heteroatoms. The van der Waals surface area contributed by atoms with Crippen molar-refractivity contribution in [2.24, 2.45) is 0 Å². The Kier molecular flexibility index (Phi) is 6.11. The van der Waals surface area contributed by atoms with E-state index in [1.807, 2.05) is 43.6 Å². The molecule has 1 saturated heterocycles. The van der Waals surface area contributed by atoms with Crippen molar-refractivity contribution in [1.82, 2.24) is 19.9 Å². The van der Waals surface area contributed by atoms with Crippen LogP contribution in [0.3, 0.4) is 0 Å². The van der Waals surface area contributed by atoms with E-state index >= 15 is 0 Å². The number of aryl methyl sites for hydroxylation is 1. The van der Waals surface area contributed by atoms with Gasteiger partial charge in [0.05, 0.1) is 23.1 Å². The van der Waals surface area contributed by atoms with Crippen LogP contribution < -0.4 is 5.32 Å². The number of pyridine rings is 1. The summed E-state index contributed by atoms with van der Waals surface area (Å²) in [6.45, 7) is 9.58. The van der Waals surface area contributed by atoms with Gasteiger partial charge in [0.15, 0.2) is 0 Å². The molecule has 3 aromatic rings. The van der Waals surface area contributed by atoms with E-state index in [9.17, 15) is 4.79 Å². The highest BCUT2D eigenvalue weighted by atomic mass is 32.1. The Morgan fingerprint density at radius 1 is 1.43 bits per heavy atom. The summed E-state index contributed by atoms with van der Waals surface area (Å²) in [4.78, 5) is 21.9. The summed E-state index contributed by atoms with van der Waals surface area (Å²) in [5, 5.41) is 5.84. The zero-order valence-electron chi connectivity index (χ0n) is 17.4. The molecular weight excluding hydrogens is 396 g/mol. The molecule has 0 spiro atoms. The summed E-state index contributed by atoms with van der Waals surface area (Å²) in [6, 6.07) is 5.97. The van der Waals surface area contributed by atoms with Gasteiger partial charge in [-0.25, -0.2) is 4.98 Å². The van der Waals surface area contributed by atoms with Gasteiger partial charge in [-0.15, -0.1) is 17.9 Å². The first-order valence-corrected chi connectivity index (χ1v) is 11.0. The van der Waals surface area contributed by atoms with Gasteiger partial charge in [0, 0.05) is 48.2 Å². The lowest BCUT2D eigenvalue weighted by atomic mass is 10.2. The lowest BCUT2D eigenvalue weighted by molar-refractivity contribution is 0.0944. The molecule has 0 radical (unpaired) electrons. The largest absolute Gasteiger partial charge is 0.376 e. The zero-order chi connectivity index (χ0) is 21.1. The van der Waals surface area contributed by atoms with Crippen LogP contribution in [0.25, 0.3) is 22.0 Å². The number of nitrogens with one attached hydrogen (secondary N) is 1. The van der Waals surface area contributed by atoms with Gasteiger partial charge >= 0.3 is 0 Å². The molecule has 4 heterocycles. The second-order valence-corrected chi connectivity index (χ2v) is 8.36. The number of carbonyl (C=O) groups is 1. The van der Waals surface area contributed by atoms with Crippen LogP contribution in [0.4, 0.5) is 0 Å². The van der Waals surface area contributed by atoms with Crippen LogP contribution in [-0.2, 0) is 11.3 Å². The fourth-order valence-electron chi connectivity index (χ4n) is 3.69. The van der Waals surface area contributed by atoms with Crippen molar-refractivity contribution in [2.45, 2.75) is 39.3 Å². The van der Waals surface area contributed by atoms with Gasteiger partial charge in [-0.3, -0.25) is 9.78 Å². The number of rotatable bonds is 7. The molecule has 30 heavy (non-hydrogen) atoms. The van der Waals surface area contributed by atoms with Crippen molar-refractivity contribution in [3.05, 3.63) is 59.4 Å². The fraction of sp³-hybridized carbons (Fsp3) is 0.348. The lowest BCUT2D eigenvalue weighted by Crippen LogP contribution is -2.24. The first kappa shape index (κ1) is 20.5. The van der Waals surface area contributed by atoms with Crippen molar-refractivity contribution in [3.8, 4) is 22.0 Å². The highest BCUT2D eigenvalue weighted by Gasteiger charge is 2.24. The Labute approximate surface area is 180 Å². The molecule has 1 atom stereocenters. The highest BCUT2D eigenvalue weighted by Crippen LogP contribution is 2.32. The molecule has 1 aliphatic heterocycles. The molecule has 1 aliphatic rings. The van der Waals surface area contributed by atoms with Crippen molar-refractivity contribution >= 4 is 17.2 Å². The molecule has 0 aliphatic carbocycles. The number of nitrogens with zero attached hydrogens (tertiary/aromatic N) is 3. The van der Waals surface area contributed by atoms with Crippen LogP contribution in [0.15, 0.2) is 42.4 Å². The molecule has 156 valence electrons. The number of amides is 1. The Bertz CT molecular complexity index is 1050. The van der Waals surface area contributed by atoms with E-state index in [-0.39, 0.29) is 12.0 Å². The van der Waals surface area contributed by atoms with Gasteiger partial charge in [0.2, 0.25) is 0 Å². The number of thiazole rings is 1. The third-order valence-electron chi connectivity index (χ3n) is 5.35. The van der Waals surface area contributed by atoms with Gasteiger partial charge < -0.3 is 14.6 Å². The van der Waals surface area contributed by atoms with Gasteiger partial charge in [0.1, 0.15) is 5.01 Å². The van der Waals surface area contributed by atoms with E-state index in [2.05, 4.69) is 21.4 Å². The predicted octanol–water partition coefficient (Wildman–Crippen LogP) is 4.39. The van der Waals surface area contributed by atoms with Crippen molar-refractivity contribution in [1.29, 1.82) is 0 Å². The minimum absolute atomic E-state index is 0.0991. The van der Waals surface area contributed by atoms with Gasteiger partial charge in [0.25, 0.3) is 5.91 Å². The summed E-state index contributed by atoms with van der Waals surface area (Å²) in [5.74, 6) is -0.0991. The first-order chi connectivity index (χ1) is 14.6. The standard InChI is InChI=1S/C23H26N4O2S/c1-4-9-24-22(28)19-11-21(27(16(19)3)13-18-6-5-10-29-18)20-14-30-23(26-20)17-8-7-15(2)25-12-17/h4,7-8,11-12,14,18H,1,5-6,9-10,13H2,2-3H3,(H,24,28). The van der Waals surface area contributed by atoms with E-state index < -0.39 is 0 Å². The maximum Gasteiger partial charge on any atom is 0.253 e. The predicted molar refractivity (Wildman–Crippen MR) is 120 cm³/mol. The normalized spacial score (nSPS) is 16.0. The smallest absolute Gasteiger partial charge is 0.253 e. The Balaban J connectivity index is 1.71. The Morgan fingerprint density at radius 3 is 3.00 bits per heavy atom. The monoisotopic (exact) mass is 422 g/mol. The van der Waals surface area contributed by atoms with Crippen LogP contribution in [0.1, 0.15) is 34.6 Å². The average molecular weight is 423 g/mol. The number of carbonyl (C=O) groups excluding carboxylic acids is 1. The zero-order valence-corrected chi connectivity index (χ0v) is 18.2. The first-order valence-electron chi connectivity index (χ1n) is 10.2. The molecule has 1 N–H and O–H groups in total. The Morgan fingerprint density at radius 2 is 2.30 bits per heavy atom. The summed E-state index contributed by atoms with van der Waals surface area (Å²) in [7, 11) is 0. The lowest BCUT2D eigenvalue weighted by Gasteiger charge is -2.15. The summed E-state index contributed by atoms with van der Waals surface area (Å²) < 4.78 is 8.03. The highest BCUT2D eigenvalue weighted by molar-refractivity contribution is 7.13. The number of hydrogen-bond donors (Lipinski definition) is 1. The van der Waals surface area contributed by atoms with Crippen LogP contribution in [0.5, 0.6) is 0 Å². The van der Waals surface area contributed by atoms with Crippen molar-refractivity contribution in [2.75, 3.05) is 13.2 Å². The second kappa shape index (κ2) is 8.93. The summed E-state index contributed by atoms with van der Waals surface area (Å²) in [5.41, 5.74) is 5.36. The van der Waals surface area contributed by atoms with Crippen molar-refractivity contribution < 1.29 is 9.53 Å². The number of hydrogen-bond acceptors (Lipinski definition) is 5. The molecule has 1 fully saturated rings. The van der Waals surface area contributed by atoms with Gasteiger partial charge in [-0.05, 0) is 44.9 Å². The molecule has 6 nitrogen and oxygen atoms in total. The quantitative estimate of drug-likeness (QED) is 0.574.